The second-order valence-corrected chi connectivity index (χ2v) is 7.42. The first-order chi connectivity index (χ1) is 15.7. The molecule has 0 aliphatic carbocycles. The Labute approximate surface area is 187 Å². The Morgan fingerprint density at radius 1 is 0.875 bits per heavy atom. The third kappa shape index (κ3) is 5.16. The maximum atomic E-state index is 12.6. The summed E-state index contributed by atoms with van der Waals surface area (Å²) in [5.74, 6) is 0.678. The molecular weight excluding hydrogens is 398 g/mol. The second kappa shape index (κ2) is 10.3. The number of anilines is 1. The molecule has 1 unspecified atom stereocenters. The Balaban J connectivity index is 1.56. The van der Waals surface area contributed by atoms with Crippen molar-refractivity contribution in [2.45, 2.75) is 19.1 Å². The highest BCUT2D eigenvalue weighted by molar-refractivity contribution is 5.66. The molecule has 4 nitrogen and oxygen atoms in total. The van der Waals surface area contributed by atoms with E-state index in [4.69, 9.17) is 9.15 Å². The maximum absolute atomic E-state index is 12.6. The predicted octanol–water partition coefficient (Wildman–Crippen LogP) is 6.62. The van der Waals surface area contributed by atoms with Gasteiger partial charge in [0, 0.05) is 11.8 Å². The number of benzene rings is 3. The Morgan fingerprint density at radius 3 is 2.22 bits per heavy atom. The van der Waals surface area contributed by atoms with E-state index in [1.165, 1.54) is 12.3 Å². The fourth-order valence-corrected chi connectivity index (χ4v) is 3.52. The molecule has 0 fully saturated rings. The molecule has 0 spiro atoms. The van der Waals surface area contributed by atoms with Crippen LogP contribution >= 0.6 is 0 Å². The number of hydrogen-bond acceptors (Lipinski definition) is 4. The van der Waals surface area contributed by atoms with Crippen molar-refractivity contribution >= 4 is 5.69 Å². The topological polar surface area (TPSA) is 51.5 Å². The first kappa shape index (κ1) is 21.2. The van der Waals surface area contributed by atoms with Gasteiger partial charge in [0.05, 0.1) is 12.3 Å². The molecule has 1 atom stereocenters. The molecule has 4 heteroatoms. The van der Waals surface area contributed by atoms with Gasteiger partial charge in [-0.2, -0.15) is 0 Å². The van der Waals surface area contributed by atoms with Crippen molar-refractivity contribution in [3.63, 3.8) is 0 Å². The van der Waals surface area contributed by atoms with Crippen LogP contribution in [0.4, 0.5) is 5.69 Å². The Kier molecular flexibility index (Phi) is 6.83. The van der Waals surface area contributed by atoms with E-state index in [0.717, 1.165) is 22.4 Å². The molecule has 0 aliphatic heterocycles. The van der Waals surface area contributed by atoms with Gasteiger partial charge >= 0.3 is 0 Å². The molecule has 1 N–H and O–H groups in total. The van der Waals surface area contributed by atoms with Crippen molar-refractivity contribution in [1.82, 2.24) is 0 Å². The lowest BCUT2D eigenvalue weighted by Gasteiger charge is -2.20. The zero-order chi connectivity index (χ0) is 22.2. The predicted molar refractivity (Wildman–Crippen MR) is 129 cm³/mol. The molecule has 1 aromatic heterocycles. The van der Waals surface area contributed by atoms with Crippen LogP contribution < -0.4 is 15.5 Å². The molecule has 1 heterocycles. The van der Waals surface area contributed by atoms with Gasteiger partial charge in [-0.1, -0.05) is 78.9 Å². The van der Waals surface area contributed by atoms with Gasteiger partial charge in [0.25, 0.3) is 0 Å². The summed E-state index contributed by atoms with van der Waals surface area (Å²) in [5, 5.41) is 3.46. The zero-order valence-electron chi connectivity index (χ0n) is 17.7. The Bertz CT molecular complexity index is 1200. The summed E-state index contributed by atoms with van der Waals surface area (Å²) >= 11 is 0. The van der Waals surface area contributed by atoms with Gasteiger partial charge in [-0.25, -0.2) is 0 Å². The summed E-state index contributed by atoms with van der Waals surface area (Å²) in [6.07, 6.45) is 3.77. The number of nitrogens with one attached hydrogen (secondary N) is 1. The van der Waals surface area contributed by atoms with Crippen molar-refractivity contribution < 1.29 is 9.15 Å². The van der Waals surface area contributed by atoms with Crippen LogP contribution in [0.2, 0.25) is 0 Å². The van der Waals surface area contributed by atoms with Crippen LogP contribution in [0.15, 0.2) is 119 Å². The Morgan fingerprint density at radius 2 is 1.53 bits per heavy atom. The van der Waals surface area contributed by atoms with Crippen LogP contribution in [0.25, 0.3) is 11.1 Å². The highest BCUT2D eigenvalue weighted by Crippen LogP contribution is 2.30. The lowest BCUT2D eigenvalue weighted by Crippen LogP contribution is -2.16. The number of rotatable bonds is 9. The van der Waals surface area contributed by atoms with Gasteiger partial charge in [0.15, 0.2) is 5.76 Å². The summed E-state index contributed by atoms with van der Waals surface area (Å²) in [6.45, 7) is 4.15. The lowest BCUT2D eigenvalue weighted by atomic mass is 10.0. The average molecular weight is 424 g/mol. The summed E-state index contributed by atoms with van der Waals surface area (Å²) in [4.78, 5) is 12.6. The minimum atomic E-state index is -0.297. The highest BCUT2D eigenvalue weighted by atomic mass is 16.5. The summed E-state index contributed by atoms with van der Waals surface area (Å²) in [6, 6.07) is 29.2. The van der Waals surface area contributed by atoms with Crippen LogP contribution in [0.5, 0.6) is 5.75 Å². The van der Waals surface area contributed by atoms with Crippen LogP contribution in [-0.4, -0.2) is 0 Å². The van der Waals surface area contributed by atoms with Crippen molar-refractivity contribution in [2.75, 3.05) is 5.32 Å². The minimum absolute atomic E-state index is 0.211. The van der Waals surface area contributed by atoms with E-state index in [0.29, 0.717) is 12.2 Å². The molecule has 0 amide bonds. The highest BCUT2D eigenvalue weighted by Gasteiger charge is 2.21. The van der Waals surface area contributed by atoms with E-state index >= 15 is 0 Å². The molecule has 4 rings (SSSR count). The van der Waals surface area contributed by atoms with Crippen LogP contribution in [0.3, 0.4) is 0 Å². The maximum Gasteiger partial charge on any atom is 0.227 e. The molecule has 32 heavy (non-hydrogen) atoms. The largest absolute Gasteiger partial charge is 0.482 e. The molecule has 0 saturated carbocycles. The van der Waals surface area contributed by atoms with Gasteiger partial charge in [0.2, 0.25) is 11.2 Å². The lowest BCUT2D eigenvalue weighted by molar-refractivity contribution is 0.279. The van der Waals surface area contributed by atoms with Crippen molar-refractivity contribution in [2.24, 2.45) is 0 Å². The third-order valence-corrected chi connectivity index (χ3v) is 5.14. The smallest absolute Gasteiger partial charge is 0.227 e. The van der Waals surface area contributed by atoms with E-state index in [1.54, 1.807) is 6.08 Å². The van der Waals surface area contributed by atoms with E-state index in [9.17, 15) is 4.79 Å². The summed E-state index contributed by atoms with van der Waals surface area (Å²) < 4.78 is 11.7. The molecule has 4 aromatic rings. The molecule has 0 bridgehead atoms. The monoisotopic (exact) mass is 423 g/mol. The Hall–Kier alpha value is -4.05. The van der Waals surface area contributed by atoms with E-state index in [-0.39, 0.29) is 23.8 Å². The molecule has 0 aliphatic rings. The first-order valence-electron chi connectivity index (χ1n) is 10.6. The SMILES string of the molecule is C=CCC(Nc1ccc(-c2ccccc2)cc1)c1occc(=O)c1OCc1ccccc1. The van der Waals surface area contributed by atoms with E-state index in [1.807, 2.05) is 60.7 Å². The first-order valence-corrected chi connectivity index (χ1v) is 10.6. The van der Waals surface area contributed by atoms with Crippen molar-refractivity contribution in [3.05, 3.63) is 131 Å². The fraction of sp³-hybridized carbons (Fsp3) is 0.107. The fourth-order valence-electron chi connectivity index (χ4n) is 3.52. The number of ether oxygens (including phenoxy) is 1. The summed E-state index contributed by atoms with van der Waals surface area (Å²) in [7, 11) is 0. The molecule has 160 valence electrons. The minimum Gasteiger partial charge on any atom is -0.482 e. The molecule has 0 saturated heterocycles. The van der Waals surface area contributed by atoms with Gasteiger partial charge in [-0.05, 0) is 35.2 Å². The van der Waals surface area contributed by atoms with Gasteiger partial charge < -0.3 is 14.5 Å². The van der Waals surface area contributed by atoms with Crippen molar-refractivity contribution in [1.29, 1.82) is 0 Å². The van der Waals surface area contributed by atoms with Crippen LogP contribution in [0, 0.1) is 0 Å². The second-order valence-electron chi connectivity index (χ2n) is 7.42. The van der Waals surface area contributed by atoms with Gasteiger partial charge in [0.1, 0.15) is 6.61 Å². The normalized spacial score (nSPS) is 11.5. The average Bonchev–Trinajstić information content (AvgIpc) is 2.84. The van der Waals surface area contributed by atoms with Gasteiger partial charge in [-0.15, -0.1) is 6.58 Å². The van der Waals surface area contributed by atoms with E-state index in [2.05, 4.69) is 36.2 Å². The molecule has 0 radical (unpaired) electrons. The molecular formula is C28H25NO3. The molecule has 3 aromatic carbocycles. The zero-order valence-corrected chi connectivity index (χ0v) is 17.7. The summed E-state index contributed by atoms with van der Waals surface area (Å²) in [5.41, 5.74) is 3.97. The standard InChI is InChI=1S/C28H25NO3/c1-2-9-25(29-24-16-14-23(15-17-24)22-12-7-4-8-13-22)27-28(26(30)18-19-31-27)32-20-21-10-5-3-6-11-21/h2-8,10-19,25,29H,1,9,20H2. The quantitative estimate of drug-likeness (QED) is 0.308. The third-order valence-electron chi connectivity index (χ3n) is 5.14. The number of hydrogen-bond donors (Lipinski definition) is 1. The van der Waals surface area contributed by atoms with Crippen molar-refractivity contribution in [3.8, 4) is 16.9 Å². The van der Waals surface area contributed by atoms with Crippen LogP contribution in [0.1, 0.15) is 23.8 Å². The van der Waals surface area contributed by atoms with Gasteiger partial charge in [-0.3, -0.25) is 4.79 Å². The van der Waals surface area contributed by atoms with Crippen LogP contribution in [-0.2, 0) is 6.61 Å². The van der Waals surface area contributed by atoms with E-state index < -0.39 is 0 Å².